The molecule has 2 rings (SSSR count). The molecule has 0 aliphatic carbocycles. The number of benzene rings is 1. The van der Waals surface area contributed by atoms with E-state index in [1.165, 1.54) is 11.6 Å². The Bertz CT molecular complexity index is 683. The van der Waals surface area contributed by atoms with Gasteiger partial charge in [-0.1, -0.05) is 13.0 Å². The molecule has 0 radical (unpaired) electrons. The second kappa shape index (κ2) is 9.53. The molecule has 6 heteroatoms. The molecular formula is C19H27FN4S. The zero-order chi connectivity index (χ0) is 18.2. The Morgan fingerprint density at radius 2 is 2.08 bits per heavy atom. The van der Waals surface area contributed by atoms with Gasteiger partial charge in [0.2, 0.25) is 0 Å². The molecule has 0 spiro atoms. The van der Waals surface area contributed by atoms with Crippen LogP contribution in [-0.4, -0.2) is 38.5 Å². The number of hydrogen-bond donors (Lipinski definition) is 2. The molecule has 0 bridgehead atoms. The van der Waals surface area contributed by atoms with Crippen molar-refractivity contribution in [2.45, 2.75) is 25.9 Å². The first kappa shape index (κ1) is 19.4. The predicted octanol–water partition coefficient (Wildman–Crippen LogP) is 3.42. The van der Waals surface area contributed by atoms with Crippen molar-refractivity contribution in [1.29, 1.82) is 0 Å². The monoisotopic (exact) mass is 362 g/mol. The van der Waals surface area contributed by atoms with Crippen LogP contribution >= 0.6 is 11.3 Å². The van der Waals surface area contributed by atoms with Crippen LogP contribution < -0.4 is 10.6 Å². The van der Waals surface area contributed by atoms with Crippen LogP contribution in [0, 0.1) is 5.82 Å². The summed E-state index contributed by atoms with van der Waals surface area (Å²) in [6.45, 7) is 4.19. The van der Waals surface area contributed by atoms with E-state index < -0.39 is 0 Å². The lowest BCUT2D eigenvalue weighted by atomic mass is 10.1. The van der Waals surface area contributed by atoms with Crippen molar-refractivity contribution in [2.24, 2.45) is 4.99 Å². The smallest absolute Gasteiger partial charge is 0.191 e. The lowest BCUT2D eigenvalue weighted by Crippen LogP contribution is -2.38. The summed E-state index contributed by atoms with van der Waals surface area (Å²) in [6, 6.07) is 7.40. The number of halogens is 1. The van der Waals surface area contributed by atoms with Crippen LogP contribution in [0.4, 0.5) is 4.39 Å². The molecule has 1 aromatic carbocycles. The van der Waals surface area contributed by atoms with E-state index in [9.17, 15) is 4.39 Å². The van der Waals surface area contributed by atoms with Gasteiger partial charge in [-0.05, 0) is 60.1 Å². The van der Waals surface area contributed by atoms with Crippen molar-refractivity contribution in [1.82, 2.24) is 15.5 Å². The molecular weight excluding hydrogens is 335 g/mol. The summed E-state index contributed by atoms with van der Waals surface area (Å²) in [4.78, 5) is 6.22. The van der Waals surface area contributed by atoms with Gasteiger partial charge in [0.15, 0.2) is 5.96 Å². The predicted molar refractivity (Wildman–Crippen MR) is 105 cm³/mol. The molecule has 2 N–H and O–H groups in total. The molecule has 0 saturated carbocycles. The quantitative estimate of drug-likeness (QED) is 0.586. The molecule has 0 saturated heterocycles. The first-order valence-electron chi connectivity index (χ1n) is 8.38. The average Bonchev–Trinajstić information content (AvgIpc) is 3.11. The van der Waals surface area contributed by atoms with Gasteiger partial charge >= 0.3 is 0 Å². The maximum absolute atomic E-state index is 13.9. The summed E-state index contributed by atoms with van der Waals surface area (Å²) in [5.74, 6) is 1.01. The third-order valence-electron chi connectivity index (χ3n) is 3.97. The first-order chi connectivity index (χ1) is 12.0. The Morgan fingerprint density at radius 1 is 1.28 bits per heavy atom. The Labute approximate surface area is 153 Å². The van der Waals surface area contributed by atoms with Gasteiger partial charge in [0.05, 0.1) is 0 Å². The number of rotatable bonds is 7. The molecule has 136 valence electrons. The van der Waals surface area contributed by atoms with E-state index in [1.807, 2.05) is 31.1 Å². The summed E-state index contributed by atoms with van der Waals surface area (Å²) >= 11 is 1.71. The fourth-order valence-corrected chi connectivity index (χ4v) is 3.31. The number of aliphatic imine (C=N–C) groups is 1. The minimum atomic E-state index is -0.162. The number of hydrogen-bond acceptors (Lipinski definition) is 3. The molecule has 25 heavy (non-hydrogen) atoms. The van der Waals surface area contributed by atoms with E-state index in [1.54, 1.807) is 18.4 Å². The number of nitrogens with zero attached hydrogens (tertiary/aromatic N) is 2. The van der Waals surface area contributed by atoms with Gasteiger partial charge in [-0.3, -0.25) is 4.99 Å². The molecule has 0 amide bonds. The van der Waals surface area contributed by atoms with E-state index in [2.05, 4.69) is 39.4 Å². The third kappa shape index (κ3) is 6.14. The topological polar surface area (TPSA) is 39.7 Å². The number of nitrogens with one attached hydrogen (secondary N) is 2. The summed E-state index contributed by atoms with van der Waals surface area (Å²) in [5.41, 5.74) is 3.07. The molecule has 0 aliphatic rings. The number of thiophene rings is 1. The summed E-state index contributed by atoms with van der Waals surface area (Å²) in [5, 5.41) is 10.9. The van der Waals surface area contributed by atoms with E-state index >= 15 is 0 Å². The van der Waals surface area contributed by atoms with Crippen LogP contribution in [0.2, 0.25) is 0 Å². The van der Waals surface area contributed by atoms with Crippen LogP contribution in [0.25, 0.3) is 0 Å². The molecule has 1 unspecified atom stereocenters. The zero-order valence-corrected chi connectivity index (χ0v) is 16.2. The molecule has 2 aromatic rings. The highest BCUT2D eigenvalue weighted by atomic mass is 32.1. The van der Waals surface area contributed by atoms with Gasteiger partial charge in [0, 0.05) is 32.2 Å². The standard InChI is InChI=1S/C19H27FN4S/c1-14(16-7-8-25-13-16)10-22-19(21-2)23-11-15-5-6-18(20)17(9-15)12-24(3)4/h5-9,13-14H,10-12H2,1-4H3,(H2,21,22,23). The summed E-state index contributed by atoms with van der Waals surface area (Å²) < 4.78 is 13.9. The first-order valence-corrected chi connectivity index (χ1v) is 9.32. The van der Waals surface area contributed by atoms with Crippen LogP contribution in [0.15, 0.2) is 40.0 Å². The van der Waals surface area contributed by atoms with Crippen molar-refractivity contribution in [3.05, 3.63) is 57.5 Å². The maximum atomic E-state index is 13.9. The van der Waals surface area contributed by atoms with Gasteiger partial charge in [-0.2, -0.15) is 11.3 Å². The maximum Gasteiger partial charge on any atom is 0.191 e. The largest absolute Gasteiger partial charge is 0.356 e. The fraction of sp³-hybridized carbons (Fsp3) is 0.421. The number of guanidine groups is 1. The normalized spacial score (nSPS) is 13.1. The van der Waals surface area contributed by atoms with Gasteiger partial charge in [0.25, 0.3) is 0 Å². The molecule has 1 atom stereocenters. The summed E-state index contributed by atoms with van der Waals surface area (Å²) in [7, 11) is 5.63. The van der Waals surface area contributed by atoms with Crippen molar-refractivity contribution in [3.8, 4) is 0 Å². The summed E-state index contributed by atoms with van der Waals surface area (Å²) in [6.07, 6.45) is 0. The molecule has 0 fully saturated rings. The molecule has 4 nitrogen and oxygen atoms in total. The van der Waals surface area contributed by atoms with Crippen molar-refractivity contribution >= 4 is 17.3 Å². The van der Waals surface area contributed by atoms with Gasteiger partial charge < -0.3 is 15.5 Å². The Balaban J connectivity index is 1.88. The lowest BCUT2D eigenvalue weighted by Gasteiger charge is -2.16. The van der Waals surface area contributed by atoms with Crippen LogP contribution in [0.3, 0.4) is 0 Å². The molecule has 0 aliphatic heterocycles. The lowest BCUT2D eigenvalue weighted by molar-refractivity contribution is 0.392. The Hall–Kier alpha value is -1.92. The van der Waals surface area contributed by atoms with E-state index in [-0.39, 0.29) is 5.82 Å². The third-order valence-corrected chi connectivity index (χ3v) is 4.67. The van der Waals surface area contributed by atoms with Gasteiger partial charge in [-0.15, -0.1) is 0 Å². The fourth-order valence-electron chi connectivity index (χ4n) is 2.53. The van der Waals surface area contributed by atoms with E-state index in [4.69, 9.17) is 0 Å². The van der Waals surface area contributed by atoms with E-state index in [0.29, 0.717) is 24.6 Å². The van der Waals surface area contributed by atoms with Gasteiger partial charge in [-0.25, -0.2) is 4.39 Å². The highest BCUT2D eigenvalue weighted by Crippen LogP contribution is 2.17. The van der Waals surface area contributed by atoms with Crippen LogP contribution in [-0.2, 0) is 13.1 Å². The minimum Gasteiger partial charge on any atom is -0.356 e. The highest BCUT2D eigenvalue weighted by Gasteiger charge is 2.08. The average molecular weight is 363 g/mol. The zero-order valence-electron chi connectivity index (χ0n) is 15.3. The van der Waals surface area contributed by atoms with Crippen LogP contribution in [0.1, 0.15) is 29.5 Å². The Kier molecular flexibility index (Phi) is 7.40. The van der Waals surface area contributed by atoms with Crippen molar-refractivity contribution in [2.75, 3.05) is 27.7 Å². The SMILES string of the molecule is CN=C(NCc1ccc(F)c(CN(C)C)c1)NCC(C)c1ccsc1. The van der Waals surface area contributed by atoms with Crippen LogP contribution in [0.5, 0.6) is 0 Å². The second-order valence-corrected chi connectivity index (χ2v) is 7.21. The van der Waals surface area contributed by atoms with Crippen molar-refractivity contribution < 1.29 is 4.39 Å². The molecule has 1 aromatic heterocycles. The Morgan fingerprint density at radius 3 is 2.72 bits per heavy atom. The molecule has 1 heterocycles. The van der Waals surface area contributed by atoms with Gasteiger partial charge in [0.1, 0.15) is 5.82 Å². The second-order valence-electron chi connectivity index (χ2n) is 6.43. The minimum absolute atomic E-state index is 0.162. The van der Waals surface area contributed by atoms with Crippen molar-refractivity contribution in [3.63, 3.8) is 0 Å². The highest BCUT2D eigenvalue weighted by molar-refractivity contribution is 7.07. The van der Waals surface area contributed by atoms with E-state index in [0.717, 1.165) is 18.1 Å².